The molecule has 0 amide bonds. The molecule has 0 fully saturated rings. The fourth-order valence-corrected chi connectivity index (χ4v) is 1.05. The lowest BCUT2D eigenvalue weighted by Gasteiger charge is -1.99. The largest absolute Gasteiger partial charge is 0.462 e. The zero-order valence-electron chi connectivity index (χ0n) is 8.99. The summed E-state index contributed by atoms with van der Waals surface area (Å²) < 4.78 is 6.31. The predicted molar refractivity (Wildman–Crippen MR) is 57.0 cm³/mol. The van der Waals surface area contributed by atoms with E-state index in [4.69, 9.17) is 10.3 Å². The number of hydrogen-bond donors (Lipinski definition) is 0. The number of carbonyl (C=O) groups excluding carboxylic acids is 1. The number of azide groups is 1. The summed E-state index contributed by atoms with van der Waals surface area (Å²) in [7, 11) is 1.74. The minimum Gasteiger partial charge on any atom is -0.462 e. The molecule has 0 aliphatic rings. The third-order valence-electron chi connectivity index (χ3n) is 1.67. The van der Waals surface area contributed by atoms with Crippen LogP contribution in [-0.4, -0.2) is 22.4 Å². The molecule has 0 saturated carbocycles. The number of ether oxygens (including phenoxy) is 1. The van der Waals surface area contributed by atoms with Gasteiger partial charge in [0.05, 0.1) is 12.8 Å². The molecule has 0 aliphatic heterocycles. The van der Waals surface area contributed by atoms with Gasteiger partial charge >= 0.3 is 5.97 Å². The second-order valence-electron chi connectivity index (χ2n) is 2.89. The Labute approximate surface area is 91.9 Å². The summed E-state index contributed by atoms with van der Waals surface area (Å²) in [6.07, 6.45) is 4.66. The van der Waals surface area contributed by atoms with E-state index in [1.54, 1.807) is 31.0 Å². The van der Waals surface area contributed by atoms with Gasteiger partial charge in [-0.25, -0.2) is 4.79 Å². The van der Waals surface area contributed by atoms with Crippen LogP contribution in [0, 0.1) is 0 Å². The van der Waals surface area contributed by atoms with E-state index in [0.717, 1.165) is 0 Å². The van der Waals surface area contributed by atoms with Crippen LogP contribution in [0.15, 0.2) is 23.2 Å². The average molecular weight is 221 g/mol. The van der Waals surface area contributed by atoms with Crippen molar-refractivity contribution in [1.29, 1.82) is 0 Å². The number of nitrogens with zero attached hydrogens (tertiary/aromatic N) is 5. The van der Waals surface area contributed by atoms with Gasteiger partial charge in [-0.15, -0.1) is 0 Å². The summed E-state index contributed by atoms with van der Waals surface area (Å²) in [5.41, 5.74) is 8.90. The van der Waals surface area contributed by atoms with Crippen LogP contribution in [0.1, 0.15) is 12.5 Å². The molecule has 84 valence electrons. The van der Waals surface area contributed by atoms with E-state index in [2.05, 4.69) is 15.1 Å². The van der Waals surface area contributed by atoms with E-state index in [0.29, 0.717) is 5.56 Å². The number of rotatable bonds is 4. The molecule has 0 aromatic carbocycles. The van der Waals surface area contributed by atoms with Gasteiger partial charge in [0.25, 0.3) is 0 Å². The molecule has 0 saturated heterocycles. The van der Waals surface area contributed by atoms with Crippen LogP contribution >= 0.6 is 0 Å². The number of aromatic nitrogens is 2. The molecule has 0 N–H and O–H groups in total. The Kier molecular flexibility index (Phi) is 4.11. The Morgan fingerprint density at radius 1 is 1.81 bits per heavy atom. The van der Waals surface area contributed by atoms with Crippen molar-refractivity contribution in [3.8, 4) is 0 Å². The normalized spacial score (nSPS) is 10.8. The molecule has 0 unspecified atom stereocenters. The maximum atomic E-state index is 11.4. The molecule has 1 aromatic rings. The number of esters is 1. The van der Waals surface area contributed by atoms with E-state index in [1.807, 2.05) is 0 Å². The monoisotopic (exact) mass is 221 g/mol. The maximum absolute atomic E-state index is 11.4. The van der Waals surface area contributed by atoms with E-state index in [1.165, 1.54) is 6.08 Å². The summed E-state index contributed by atoms with van der Waals surface area (Å²) in [5.74, 6) is -0.649. The lowest BCUT2D eigenvalue weighted by atomic mass is 10.3. The van der Waals surface area contributed by atoms with Crippen molar-refractivity contribution in [2.24, 2.45) is 12.2 Å². The van der Waals surface area contributed by atoms with Gasteiger partial charge in [0.1, 0.15) is 5.70 Å². The smallest absolute Gasteiger partial charge is 0.340 e. The first-order chi connectivity index (χ1) is 7.67. The van der Waals surface area contributed by atoms with Gasteiger partial charge in [-0.2, -0.15) is 5.10 Å². The van der Waals surface area contributed by atoms with Crippen molar-refractivity contribution in [1.82, 2.24) is 9.78 Å². The molecule has 16 heavy (non-hydrogen) atoms. The quantitative estimate of drug-likeness (QED) is 0.254. The molecule has 0 bridgehead atoms. The summed E-state index contributed by atoms with van der Waals surface area (Å²) in [6, 6.07) is 0. The highest BCUT2D eigenvalue weighted by Crippen LogP contribution is 2.09. The van der Waals surface area contributed by atoms with Crippen molar-refractivity contribution in [3.63, 3.8) is 0 Å². The molecule has 0 spiro atoms. The summed E-state index contributed by atoms with van der Waals surface area (Å²) in [5, 5.41) is 7.20. The maximum Gasteiger partial charge on any atom is 0.340 e. The zero-order valence-corrected chi connectivity index (χ0v) is 8.99. The first-order valence-electron chi connectivity index (χ1n) is 4.60. The van der Waals surface area contributed by atoms with E-state index < -0.39 is 5.97 Å². The van der Waals surface area contributed by atoms with Gasteiger partial charge in [0.2, 0.25) is 0 Å². The highest BCUT2D eigenvalue weighted by Gasteiger charge is 2.08. The molecule has 7 nitrogen and oxygen atoms in total. The molecule has 7 heteroatoms. The molecule has 0 radical (unpaired) electrons. The van der Waals surface area contributed by atoms with Crippen LogP contribution in [-0.2, 0) is 16.6 Å². The van der Waals surface area contributed by atoms with Gasteiger partial charge in [-0.05, 0) is 18.5 Å². The second kappa shape index (κ2) is 5.57. The minimum absolute atomic E-state index is 0.0858. The standard InChI is InChI=1S/C9H11N5O2/c1-3-16-9(15)8(12-13-10)4-7-5-11-14(2)6-7/h4-6H,3H2,1-2H3. The molecule has 0 atom stereocenters. The fourth-order valence-electron chi connectivity index (χ4n) is 1.05. The third-order valence-corrected chi connectivity index (χ3v) is 1.67. The van der Waals surface area contributed by atoms with Crippen LogP contribution in [0.25, 0.3) is 16.5 Å². The fraction of sp³-hybridized carbons (Fsp3) is 0.333. The van der Waals surface area contributed by atoms with Crippen LogP contribution in [0.4, 0.5) is 0 Å². The van der Waals surface area contributed by atoms with Crippen molar-refractivity contribution < 1.29 is 9.53 Å². The third kappa shape index (κ3) is 3.14. The Bertz CT molecular complexity index is 456. The van der Waals surface area contributed by atoms with Crippen molar-refractivity contribution in [2.45, 2.75) is 6.92 Å². The molecule has 1 heterocycles. The van der Waals surface area contributed by atoms with E-state index >= 15 is 0 Å². The lowest BCUT2D eigenvalue weighted by molar-refractivity contribution is -0.138. The van der Waals surface area contributed by atoms with Gasteiger partial charge in [-0.1, -0.05) is 5.11 Å². The summed E-state index contributed by atoms with van der Waals surface area (Å²) in [4.78, 5) is 13.9. The Balaban J connectivity index is 2.97. The van der Waals surface area contributed by atoms with Crippen LogP contribution in [0.2, 0.25) is 0 Å². The first-order valence-corrected chi connectivity index (χ1v) is 4.60. The van der Waals surface area contributed by atoms with E-state index in [9.17, 15) is 4.79 Å². The lowest BCUT2D eigenvalue weighted by Crippen LogP contribution is -2.05. The van der Waals surface area contributed by atoms with Gasteiger partial charge in [-0.3, -0.25) is 4.68 Å². The molecular formula is C9H11N5O2. The number of carbonyl (C=O) groups is 1. The zero-order chi connectivity index (χ0) is 12.0. The van der Waals surface area contributed by atoms with Crippen LogP contribution in [0.5, 0.6) is 0 Å². The van der Waals surface area contributed by atoms with Gasteiger partial charge in [0, 0.05) is 23.7 Å². The van der Waals surface area contributed by atoms with Crippen molar-refractivity contribution >= 4 is 12.0 Å². The number of hydrogen-bond acceptors (Lipinski definition) is 4. The Morgan fingerprint density at radius 2 is 2.56 bits per heavy atom. The van der Waals surface area contributed by atoms with Gasteiger partial charge < -0.3 is 4.74 Å². The van der Waals surface area contributed by atoms with Crippen LogP contribution in [0.3, 0.4) is 0 Å². The highest BCUT2D eigenvalue weighted by molar-refractivity contribution is 5.93. The van der Waals surface area contributed by atoms with Crippen LogP contribution < -0.4 is 0 Å². The van der Waals surface area contributed by atoms with Crippen molar-refractivity contribution in [2.75, 3.05) is 6.61 Å². The molecule has 1 aromatic heterocycles. The predicted octanol–water partition coefficient (Wildman–Crippen LogP) is 1.63. The topological polar surface area (TPSA) is 92.9 Å². The first kappa shape index (κ1) is 11.8. The van der Waals surface area contributed by atoms with Crippen molar-refractivity contribution in [3.05, 3.63) is 34.1 Å². The summed E-state index contributed by atoms with van der Waals surface area (Å²) in [6.45, 7) is 1.90. The second-order valence-corrected chi connectivity index (χ2v) is 2.89. The molecule has 0 aliphatic carbocycles. The minimum atomic E-state index is -0.649. The summed E-state index contributed by atoms with van der Waals surface area (Å²) >= 11 is 0. The number of aryl methyl sites for hydroxylation is 1. The SMILES string of the molecule is CCOC(=O)C(=Cc1cnn(C)c1)N=[N+]=[N-]. The van der Waals surface area contributed by atoms with E-state index in [-0.39, 0.29) is 12.3 Å². The Morgan fingerprint density at radius 3 is 3.06 bits per heavy atom. The highest BCUT2D eigenvalue weighted by atomic mass is 16.5. The molecule has 1 rings (SSSR count). The van der Waals surface area contributed by atoms with Gasteiger partial charge in [0.15, 0.2) is 0 Å². The molecular weight excluding hydrogens is 210 g/mol. The average Bonchev–Trinajstić information content (AvgIpc) is 2.64. The Hall–Kier alpha value is -2.27.